The zero-order valence-electron chi connectivity index (χ0n) is 14.9. The van der Waals surface area contributed by atoms with Crippen molar-refractivity contribution in [2.24, 2.45) is 20.0 Å². The van der Waals surface area contributed by atoms with E-state index in [0.717, 1.165) is 24.3 Å². The maximum absolute atomic E-state index is 12.9. The Labute approximate surface area is 151 Å². The van der Waals surface area contributed by atoms with Gasteiger partial charge >= 0.3 is 0 Å². The minimum absolute atomic E-state index is 0.161. The molecule has 1 aliphatic rings. The fraction of sp³-hybridized carbons (Fsp3) is 0.444. The van der Waals surface area contributed by atoms with Gasteiger partial charge in [0.15, 0.2) is 5.65 Å². The van der Waals surface area contributed by atoms with Crippen molar-refractivity contribution in [1.29, 1.82) is 0 Å². The van der Waals surface area contributed by atoms with Crippen molar-refractivity contribution in [2.75, 3.05) is 13.2 Å². The first-order chi connectivity index (χ1) is 12.6. The third-order valence-corrected chi connectivity index (χ3v) is 4.97. The van der Waals surface area contributed by atoms with Crippen molar-refractivity contribution in [2.45, 2.75) is 18.9 Å². The molecule has 1 unspecified atom stereocenters. The number of ether oxygens (including phenoxy) is 1. The average Bonchev–Trinajstić information content (AvgIpc) is 3.26. The van der Waals surface area contributed by atoms with Crippen LogP contribution < -0.4 is 5.32 Å². The Morgan fingerprint density at radius 3 is 2.77 bits per heavy atom. The summed E-state index contributed by atoms with van der Waals surface area (Å²) < 4.78 is 9.27. The molecular weight excluding hydrogens is 332 g/mol. The van der Waals surface area contributed by atoms with E-state index < -0.39 is 0 Å². The van der Waals surface area contributed by atoms with E-state index in [0.29, 0.717) is 30.2 Å². The lowest BCUT2D eigenvalue weighted by atomic mass is 9.91. The number of aryl methyl sites for hydroxylation is 2. The molecule has 1 atom stereocenters. The van der Waals surface area contributed by atoms with Crippen LogP contribution in [-0.4, -0.2) is 43.2 Å². The van der Waals surface area contributed by atoms with Crippen LogP contribution in [0.5, 0.6) is 0 Å². The highest BCUT2D eigenvalue weighted by atomic mass is 16.5. The molecule has 26 heavy (non-hydrogen) atoms. The third kappa shape index (κ3) is 3.08. The van der Waals surface area contributed by atoms with E-state index in [2.05, 4.69) is 20.3 Å². The van der Waals surface area contributed by atoms with Gasteiger partial charge in [-0.3, -0.25) is 4.79 Å². The number of fused-ring (bicyclic) bond motifs is 1. The van der Waals surface area contributed by atoms with E-state index in [9.17, 15) is 4.79 Å². The van der Waals surface area contributed by atoms with Gasteiger partial charge in [-0.1, -0.05) is 0 Å². The molecule has 0 radical (unpaired) electrons. The molecule has 136 valence electrons. The van der Waals surface area contributed by atoms with Crippen LogP contribution in [0, 0.1) is 5.92 Å². The fourth-order valence-electron chi connectivity index (χ4n) is 3.48. The number of aromatic nitrogens is 5. The van der Waals surface area contributed by atoms with Gasteiger partial charge in [-0.15, -0.1) is 0 Å². The lowest BCUT2D eigenvalue weighted by Crippen LogP contribution is -2.37. The van der Waals surface area contributed by atoms with Crippen molar-refractivity contribution < 1.29 is 9.53 Å². The number of hydrogen-bond acceptors (Lipinski definition) is 5. The molecule has 0 aliphatic carbocycles. The summed E-state index contributed by atoms with van der Waals surface area (Å²) in [5.74, 6) is 0.988. The van der Waals surface area contributed by atoms with Crippen LogP contribution in [0.15, 0.2) is 31.0 Å². The summed E-state index contributed by atoms with van der Waals surface area (Å²) in [6, 6.07) is 1.61. The van der Waals surface area contributed by atoms with Crippen LogP contribution in [0.1, 0.15) is 35.1 Å². The van der Waals surface area contributed by atoms with Gasteiger partial charge < -0.3 is 19.2 Å². The van der Waals surface area contributed by atoms with Crippen LogP contribution in [0.4, 0.5) is 0 Å². The zero-order valence-corrected chi connectivity index (χ0v) is 14.9. The zero-order chi connectivity index (χ0) is 18.1. The summed E-state index contributed by atoms with van der Waals surface area (Å²) >= 11 is 0. The Morgan fingerprint density at radius 2 is 2.04 bits per heavy atom. The summed E-state index contributed by atoms with van der Waals surface area (Å²) in [4.78, 5) is 26.0. The summed E-state index contributed by atoms with van der Waals surface area (Å²) in [7, 11) is 3.83. The van der Waals surface area contributed by atoms with Crippen molar-refractivity contribution >= 4 is 17.1 Å². The Balaban J connectivity index is 1.61. The minimum atomic E-state index is -0.162. The Bertz CT molecular complexity index is 925. The van der Waals surface area contributed by atoms with Gasteiger partial charge in [-0.05, 0) is 24.8 Å². The average molecular weight is 354 g/mol. The first kappa shape index (κ1) is 16.7. The molecule has 1 fully saturated rings. The molecule has 4 heterocycles. The van der Waals surface area contributed by atoms with Gasteiger partial charge in [0.2, 0.25) is 0 Å². The second-order valence-electron chi connectivity index (χ2n) is 6.72. The number of carbonyl (C=O) groups excluding carboxylic acids is 1. The topological polar surface area (TPSA) is 86.9 Å². The molecule has 1 N–H and O–H groups in total. The highest BCUT2D eigenvalue weighted by Crippen LogP contribution is 2.29. The lowest BCUT2D eigenvalue weighted by molar-refractivity contribution is 0.0499. The quantitative estimate of drug-likeness (QED) is 0.769. The summed E-state index contributed by atoms with van der Waals surface area (Å²) in [5, 5.41) is 3.17. The number of carbonyl (C=O) groups is 1. The standard InChI is InChI=1S/C18H22N6O2/c1-23-6-5-19-17(23)15(12-3-7-26-8-4-12)22-18(25)13-9-14-16(20-10-13)24(2)11-21-14/h5-6,9-12,15H,3-4,7-8H2,1-2H3,(H,22,25). The molecule has 1 amide bonds. The van der Waals surface area contributed by atoms with Crippen LogP contribution in [0.2, 0.25) is 0 Å². The van der Waals surface area contributed by atoms with E-state index in [4.69, 9.17) is 4.74 Å². The second kappa shape index (κ2) is 6.87. The molecule has 0 saturated carbocycles. The van der Waals surface area contributed by atoms with E-state index in [1.807, 2.05) is 29.4 Å². The van der Waals surface area contributed by atoms with Gasteiger partial charge in [0.05, 0.1) is 17.9 Å². The maximum Gasteiger partial charge on any atom is 0.253 e. The summed E-state index contributed by atoms with van der Waals surface area (Å²) in [5.41, 5.74) is 1.97. The molecule has 0 bridgehead atoms. The van der Waals surface area contributed by atoms with Crippen LogP contribution in [-0.2, 0) is 18.8 Å². The molecule has 1 aliphatic heterocycles. The van der Waals surface area contributed by atoms with E-state index in [1.54, 1.807) is 24.8 Å². The van der Waals surface area contributed by atoms with Crippen molar-refractivity contribution in [3.8, 4) is 0 Å². The van der Waals surface area contributed by atoms with Crippen LogP contribution in [0.3, 0.4) is 0 Å². The largest absolute Gasteiger partial charge is 0.381 e. The molecule has 0 aromatic carbocycles. The van der Waals surface area contributed by atoms with Crippen molar-refractivity contribution in [1.82, 2.24) is 29.4 Å². The molecular formula is C18H22N6O2. The van der Waals surface area contributed by atoms with E-state index in [-0.39, 0.29) is 11.9 Å². The third-order valence-electron chi connectivity index (χ3n) is 4.97. The van der Waals surface area contributed by atoms with E-state index in [1.165, 1.54) is 0 Å². The normalized spacial score (nSPS) is 16.7. The number of imidazole rings is 2. The summed E-state index contributed by atoms with van der Waals surface area (Å²) in [6.45, 7) is 1.42. The molecule has 8 heteroatoms. The maximum atomic E-state index is 12.9. The SMILES string of the molecule is Cn1ccnc1C(NC(=O)c1cnc2c(c1)ncn2C)C1CCOCC1. The van der Waals surface area contributed by atoms with Gasteiger partial charge in [-0.25, -0.2) is 15.0 Å². The molecule has 0 spiro atoms. The first-order valence-electron chi connectivity index (χ1n) is 8.76. The van der Waals surface area contributed by atoms with Crippen molar-refractivity contribution in [3.05, 3.63) is 42.4 Å². The molecule has 3 aromatic rings. The number of amides is 1. The Hall–Kier alpha value is -2.74. The van der Waals surface area contributed by atoms with Gasteiger partial charge in [-0.2, -0.15) is 0 Å². The minimum Gasteiger partial charge on any atom is -0.381 e. The Morgan fingerprint density at radius 1 is 1.23 bits per heavy atom. The van der Waals surface area contributed by atoms with Gasteiger partial charge in [0.1, 0.15) is 11.3 Å². The second-order valence-corrected chi connectivity index (χ2v) is 6.72. The smallest absolute Gasteiger partial charge is 0.253 e. The fourth-order valence-corrected chi connectivity index (χ4v) is 3.48. The number of nitrogens with zero attached hydrogens (tertiary/aromatic N) is 5. The number of rotatable bonds is 4. The number of pyridine rings is 1. The summed E-state index contributed by atoms with van der Waals surface area (Å²) in [6.07, 6.45) is 8.74. The molecule has 3 aromatic heterocycles. The van der Waals surface area contributed by atoms with Crippen LogP contribution >= 0.6 is 0 Å². The molecule has 4 rings (SSSR count). The van der Waals surface area contributed by atoms with Gasteiger partial charge in [0, 0.05) is 45.9 Å². The number of hydrogen-bond donors (Lipinski definition) is 1. The highest BCUT2D eigenvalue weighted by Gasteiger charge is 2.30. The molecule has 1 saturated heterocycles. The number of nitrogens with one attached hydrogen (secondary N) is 1. The monoisotopic (exact) mass is 354 g/mol. The van der Waals surface area contributed by atoms with Gasteiger partial charge in [0.25, 0.3) is 5.91 Å². The molecule has 8 nitrogen and oxygen atoms in total. The first-order valence-corrected chi connectivity index (χ1v) is 8.76. The van der Waals surface area contributed by atoms with E-state index >= 15 is 0 Å². The van der Waals surface area contributed by atoms with Crippen molar-refractivity contribution in [3.63, 3.8) is 0 Å². The van der Waals surface area contributed by atoms with Crippen LogP contribution in [0.25, 0.3) is 11.2 Å². The lowest BCUT2D eigenvalue weighted by Gasteiger charge is -2.30. The predicted octanol–water partition coefficient (Wildman–Crippen LogP) is 1.60. The Kier molecular flexibility index (Phi) is 4.42. The predicted molar refractivity (Wildman–Crippen MR) is 95.5 cm³/mol. The highest BCUT2D eigenvalue weighted by molar-refractivity contribution is 5.96.